The third-order valence-corrected chi connectivity index (χ3v) is 3.25. The number of hydrogen-bond donors (Lipinski definition) is 0. The van der Waals surface area contributed by atoms with E-state index in [2.05, 4.69) is 23.2 Å². The number of aromatic nitrogens is 1. The zero-order valence-electron chi connectivity index (χ0n) is 9.60. The number of para-hydroxylation sites is 1. The van der Waals surface area contributed by atoms with Gasteiger partial charge in [0.05, 0.1) is 5.52 Å². The molecular formula is C14H14N2O. The minimum absolute atomic E-state index is 0.262. The highest BCUT2D eigenvalue weighted by Crippen LogP contribution is 2.20. The molecule has 1 fully saturated rings. The molecule has 3 nitrogen and oxygen atoms in total. The van der Waals surface area contributed by atoms with Crippen LogP contribution in [0.2, 0.25) is 0 Å². The van der Waals surface area contributed by atoms with E-state index in [1.807, 2.05) is 17.0 Å². The third-order valence-electron chi connectivity index (χ3n) is 3.25. The van der Waals surface area contributed by atoms with Crippen LogP contribution < -0.4 is 0 Å². The van der Waals surface area contributed by atoms with Crippen molar-refractivity contribution in [1.82, 2.24) is 9.88 Å². The summed E-state index contributed by atoms with van der Waals surface area (Å²) >= 11 is 0. The first kappa shape index (κ1) is 10.3. The molecule has 0 bridgehead atoms. The lowest BCUT2D eigenvalue weighted by Gasteiger charge is -2.16. The van der Waals surface area contributed by atoms with Crippen LogP contribution in [0.3, 0.4) is 0 Å². The fraction of sp³-hybridized carbons (Fsp3) is 0.286. The van der Waals surface area contributed by atoms with Crippen LogP contribution >= 0.6 is 0 Å². The van der Waals surface area contributed by atoms with E-state index < -0.39 is 0 Å². The SMILES string of the molecule is O=C1CCCN1Cc1cccc2cccnc12. The largest absolute Gasteiger partial charge is 0.338 e. The molecule has 86 valence electrons. The molecule has 0 aliphatic carbocycles. The van der Waals surface area contributed by atoms with Gasteiger partial charge < -0.3 is 4.90 Å². The maximum absolute atomic E-state index is 11.6. The molecule has 0 saturated carbocycles. The molecule has 1 saturated heterocycles. The molecule has 1 aliphatic rings. The molecular weight excluding hydrogens is 212 g/mol. The van der Waals surface area contributed by atoms with Crippen molar-refractivity contribution in [3.05, 3.63) is 42.1 Å². The summed E-state index contributed by atoms with van der Waals surface area (Å²) in [6, 6.07) is 10.1. The lowest BCUT2D eigenvalue weighted by atomic mass is 10.1. The number of rotatable bonds is 2. The van der Waals surface area contributed by atoms with Gasteiger partial charge in [0, 0.05) is 31.1 Å². The Hall–Kier alpha value is -1.90. The normalized spacial score (nSPS) is 15.8. The van der Waals surface area contributed by atoms with Gasteiger partial charge in [-0.1, -0.05) is 24.3 Å². The monoisotopic (exact) mass is 226 g/mol. The summed E-state index contributed by atoms with van der Waals surface area (Å²) < 4.78 is 0. The lowest BCUT2D eigenvalue weighted by molar-refractivity contribution is -0.128. The van der Waals surface area contributed by atoms with E-state index in [0.717, 1.165) is 29.4 Å². The fourth-order valence-electron chi connectivity index (χ4n) is 2.37. The number of pyridine rings is 1. The van der Waals surface area contributed by atoms with E-state index in [4.69, 9.17) is 0 Å². The van der Waals surface area contributed by atoms with Crippen molar-refractivity contribution in [2.24, 2.45) is 0 Å². The molecule has 0 unspecified atom stereocenters. The minimum atomic E-state index is 0.262. The van der Waals surface area contributed by atoms with Crippen LogP contribution in [0.4, 0.5) is 0 Å². The summed E-state index contributed by atoms with van der Waals surface area (Å²) in [4.78, 5) is 18.0. The van der Waals surface area contributed by atoms with E-state index in [1.54, 1.807) is 6.20 Å². The van der Waals surface area contributed by atoms with Crippen LogP contribution in [0.25, 0.3) is 10.9 Å². The predicted molar refractivity (Wildman–Crippen MR) is 66.4 cm³/mol. The number of benzene rings is 1. The second-order valence-corrected chi connectivity index (χ2v) is 4.41. The molecule has 3 rings (SSSR count). The fourth-order valence-corrected chi connectivity index (χ4v) is 2.37. The zero-order valence-corrected chi connectivity index (χ0v) is 9.60. The maximum Gasteiger partial charge on any atom is 0.222 e. The molecule has 2 aromatic rings. The third kappa shape index (κ3) is 1.88. The average Bonchev–Trinajstić information content (AvgIpc) is 2.76. The molecule has 3 heteroatoms. The Morgan fingerprint density at radius 3 is 2.94 bits per heavy atom. The van der Waals surface area contributed by atoms with Gasteiger partial charge in [0.15, 0.2) is 0 Å². The number of nitrogens with zero attached hydrogens (tertiary/aromatic N) is 2. The van der Waals surface area contributed by atoms with E-state index in [1.165, 1.54) is 0 Å². The van der Waals surface area contributed by atoms with E-state index in [9.17, 15) is 4.79 Å². The maximum atomic E-state index is 11.6. The number of fused-ring (bicyclic) bond motifs is 1. The van der Waals surface area contributed by atoms with Crippen LogP contribution in [0.15, 0.2) is 36.5 Å². The smallest absolute Gasteiger partial charge is 0.222 e. The average molecular weight is 226 g/mol. The Kier molecular flexibility index (Phi) is 2.52. The van der Waals surface area contributed by atoms with E-state index in [-0.39, 0.29) is 5.91 Å². The van der Waals surface area contributed by atoms with Gasteiger partial charge in [0.1, 0.15) is 0 Å². The van der Waals surface area contributed by atoms with E-state index in [0.29, 0.717) is 13.0 Å². The lowest BCUT2D eigenvalue weighted by Crippen LogP contribution is -2.23. The summed E-state index contributed by atoms with van der Waals surface area (Å²) in [5.74, 6) is 0.262. The van der Waals surface area contributed by atoms with Crippen molar-refractivity contribution in [2.75, 3.05) is 6.54 Å². The second-order valence-electron chi connectivity index (χ2n) is 4.41. The molecule has 0 atom stereocenters. The van der Waals surface area contributed by atoms with Crippen molar-refractivity contribution in [1.29, 1.82) is 0 Å². The first-order chi connectivity index (χ1) is 8.34. The molecule has 17 heavy (non-hydrogen) atoms. The van der Waals surface area contributed by atoms with Crippen LogP contribution in [0, 0.1) is 0 Å². The van der Waals surface area contributed by atoms with Crippen LogP contribution in [0.5, 0.6) is 0 Å². The quantitative estimate of drug-likeness (QED) is 0.787. The zero-order chi connectivity index (χ0) is 11.7. The van der Waals surface area contributed by atoms with Crippen molar-refractivity contribution < 1.29 is 4.79 Å². The van der Waals surface area contributed by atoms with Crippen LogP contribution in [-0.2, 0) is 11.3 Å². The number of carbonyl (C=O) groups excluding carboxylic acids is 1. The van der Waals surface area contributed by atoms with E-state index >= 15 is 0 Å². The highest BCUT2D eigenvalue weighted by Gasteiger charge is 2.20. The Morgan fingerprint density at radius 2 is 2.12 bits per heavy atom. The minimum Gasteiger partial charge on any atom is -0.338 e. The first-order valence-electron chi connectivity index (χ1n) is 5.95. The Balaban J connectivity index is 1.97. The second kappa shape index (κ2) is 4.17. The van der Waals surface area contributed by atoms with Gasteiger partial charge in [-0.25, -0.2) is 0 Å². The Bertz CT molecular complexity index is 560. The van der Waals surface area contributed by atoms with Crippen LogP contribution in [0.1, 0.15) is 18.4 Å². The number of carbonyl (C=O) groups is 1. The predicted octanol–water partition coefficient (Wildman–Crippen LogP) is 2.36. The highest BCUT2D eigenvalue weighted by atomic mass is 16.2. The van der Waals surface area contributed by atoms with Crippen molar-refractivity contribution in [3.8, 4) is 0 Å². The molecule has 0 radical (unpaired) electrons. The van der Waals surface area contributed by atoms with Crippen LogP contribution in [-0.4, -0.2) is 22.3 Å². The van der Waals surface area contributed by atoms with Gasteiger partial charge >= 0.3 is 0 Å². The summed E-state index contributed by atoms with van der Waals surface area (Å²) in [5, 5.41) is 1.14. The number of amides is 1. The topological polar surface area (TPSA) is 33.2 Å². The van der Waals surface area contributed by atoms with Crippen molar-refractivity contribution >= 4 is 16.8 Å². The molecule has 0 N–H and O–H groups in total. The van der Waals surface area contributed by atoms with Gasteiger partial charge in [-0.15, -0.1) is 0 Å². The summed E-state index contributed by atoms with van der Waals surface area (Å²) in [6.45, 7) is 1.56. The number of hydrogen-bond acceptors (Lipinski definition) is 2. The molecule has 1 aromatic heterocycles. The standard InChI is InChI=1S/C14H14N2O/c17-13-7-3-9-16(13)10-12-5-1-4-11-6-2-8-15-14(11)12/h1-2,4-6,8H,3,7,9-10H2. The Labute approximate surface area is 100 Å². The number of likely N-dealkylation sites (tertiary alicyclic amines) is 1. The van der Waals surface area contributed by atoms with Crippen molar-refractivity contribution in [3.63, 3.8) is 0 Å². The highest BCUT2D eigenvalue weighted by molar-refractivity contribution is 5.83. The summed E-state index contributed by atoms with van der Waals surface area (Å²) in [7, 11) is 0. The van der Waals surface area contributed by atoms with Gasteiger partial charge in [-0.2, -0.15) is 0 Å². The Morgan fingerprint density at radius 1 is 1.24 bits per heavy atom. The van der Waals surface area contributed by atoms with Gasteiger partial charge in [-0.3, -0.25) is 9.78 Å². The first-order valence-corrected chi connectivity index (χ1v) is 5.95. The van der Waals surface area contributed by atoms with Crippen molar-refractivity contribution in [2.45, 2.75) is 19.4 Å². The van der Waals surface area contributed by atoms with Gasteiger partial charge in [0.2, 0.25) is 5.91 Å². The summed E-state index contributed by atoms with van der Waals surface area (Å²) in [5.41, 5.74) is 2.15. The molecule has 1 amide bonds. The summed E-state index contributed by atoms with van der Waals surface area (Å²) in [6.07, 6.45) is 3.48. The molecule has 1 aliphatic heterocycles. The molecule has 2 heterocycles. The van der Waals surface area contributed by atoms with Gasteiger partial charge in [-0.05, 0) is 18.1 Å². The molecule has 1 aromatic carbocycles. The molecule has 0 spiro atoms. The van der Waals surface area contributed by atoms with Gasteiger partial charge in [0.25, 0.3) is 0 Å².